The minimum atomic E-state index is 0.694. The van der Waals surface area contributed by atoms with E-state index in [1.807, 2.05) is 78.9 Å². The van der Waals surface area contributed by atoms with Crippen LogP contribution in [-0.2, 0) is 0 Å². The molecule has 0 unspecified atom stereocenters. The molecule has 0 amide bonds. The summed E-state index contributed by atoms with van der Waals surface area (Å²) in [5.41, 5.74) is 3.72. The summed E-state index contributed by atoms with van der Waals surface area (Å²) in [4.78, 5) is 4.67. The van der Waals surface area contributed by atoms with Crippen LogP contribution in [0.3, 0.4) is 0 Å². The zero-order valence-corrected chi connectivity index (χ0v) is 17.6. The second-order valence-electron chi connectivity index (χ2n) is 6.38. The Kier molecular flexibility index (Phi) is 7.11. The maximum atomic E-state index is 5.35. The number of hydrogen-bond donors (Lipinski definition) is 0. The van der Waals surface area contributed by atoms with Gasteiger partial charge in [0.2, 0.25) is 0 Å². The van der Waals surface area contributed by atoms with E-state index in [0.717, 1.165) is 22.5 Å². The third-order valence-corrected chi connectivity index (χ3v) is 4.50. The van der Waals surface area contributed by atoms with Crippen molar-refractivity contribution in [2.45, 2.75) is 0 Å². The van der Waals surface area contributed by atoms with E-state index < -0.39 is 0 Å². The molecule has 0 spiro atoms. The van der Waals surface area contributed by atoms with Gasteiger partial charge in [-0.25, -0.2) is 4.98 Å². The van der Waals surface area contributed by atoms with Crippen LogP contribution in [0.4, 0.5) is 0 Å². The molecule has 1 aromatic heterocycles. The van der Waals surface area contributed by atoms with Crippen LogP contribution in [0.15, 0.2) is 54.6 Å². The molecule has 5 nitrogen and oxygen atoms in total. The lowest BCUT2D eigenvalue weighted by Gasteiger charge is -2.07. The van der Waals surface area contributed by atoms with Crippen molar-refractivity contribution in [3.8, 4) is 23.0 Å². The molecule has 3 aromatic rings. The number of hydrogen-bond acceptors (Lipinski definition) is 5. The van der Waals surface area contributed by atoms with Gasteiger partial charge in [-0.05, 0) is 59.7 Å². The van der Waals surface area contributed by atoms with Crippen molar-refractivity contribution in [2.24, 2.45) is 0 Å². The van der Waals surface area contributed by atoms with Crippen LogP contribution in [-0.4, -0.2) is 33.4 Å². The fourth-order valence-electron chi connectivity index (χ4n) is 2.93. The summed E-state index contributed by atoms with van der Waals surface area (Å²) in [6, 6.07) is 17.5. The topological polar surface area (TPSA) is 49.8 Å². The summed E-state index contributed by atoms with van der Waals surface area (Å²) in [5, 5.41) is 0. The summed E-state index contributed by atoms with van der Waals surface area (Å²) in [6.07, 6.45) is 7.92. The van der Waals surface area contributed by atoms with Gasteiger partial charge in [-0.1, -0.05) is 30.4 Å². The Morgan fingerprint density at radius 2 is 0.967 bits per heavy atom. The van der Waals surface area contributed by atoms with Crippen LogP contribution in [0, 0.1) is 0 Å². The van der Waals surface area contributed by atoms with Crippen LogP contribution in [0.5, 0.6) is 23.0 Å². The zero-order chi connectivity index (χ0) is 21.3. The summed E-state index contributed by atoms with van der Waals surface area (Å²) < 4.78 is 21.3. The first-order valence-corrected chi connectivity index (χ1v) is 9.44. The van der Waals surface area contributed by atoms with Gasteiger partial charge in [-0.15, -0.1) is 0 Å². The Hall–Kier alpha value is -3.73. The normalized spacial score (nSPS) is 11.1. The monoisotopic (exact) mass is 403 g/mol. The van der Waals surface area contributed by atoms with Gasteiger partial charge >= 0.3 is 0 Å². The molecular formula is C25H25NO4. The van der Waals surface area contributed by atoms with Gasteiger partial charge in [0.15, 0.2) is 23.0 Å². The maximum absolute atomic E-state index is 5.35. The van der Waals surface area contributed by atoms with E-state index in [1.54, 1.807) is 28.4 Å². The minimum Gasteiger partial charge on any atom is -0.493 e. The molecule has 2 aromatic carbocycles. The molecule has 0 saturated heterocycles. The number of nitrogens with zero attached hydrogens (tertiary/aromatic N) is 1. The predicted octanol–water partition coefficient (Wildman–Crippen LogP) is 5.46. The molecule has 3 rings (SSSR count). The van der Waals surface area contributed by atoms with E-state index in [9.17, 15) is 0 Å². The summed E-state index contributed by atoms with van der Waals surface area (Å²) in [5.74, 6) is 2.79. The van der Waals surface area contributed by atoms with Gasteiger partial charge in [-0.3, -0.25) is 0 Å². The minimum absolute atomic E-state index is 0.694. The molecule has 0 aliphatic rings. The third kappa shape index (κ3) is 5.20. The van der Waals surface area contributed by atoms with Crippen LogP contribution < -0.4 is 18.9 Å². The fraction of sp³-hybridized carbons (Fsp3) is 0.160. The van der Waals surface area contributed by atoms with E-state index in [4.69, 9.17) is 18.9 Å². The second-order valence-corrected chi connectivity index (χ2v) is 6.38. The average Bonchev–Trinajstić information content (AvgIpc) is 2.81. The van der Waals surface area contributed by atoms with Crippen LogP contribution in [0.2, 0.25) is 0 Å². The Morgan fingerprint density at radius 1 is 0.533 bits per heavy atom. The van der Waals surface area contributed by atoms with Crippen molar-refractivity contribution >= 4 is 24.3 Å². The highest BCUT2D eigenvalue weighted by Gasteiger charge is 2.04. The second kappa shape index (κ2) is 10.2. The highest BCUT2D eigenvalue weighted by atomic mass is 16.5. The first-order chi connectivity index (χ1) is 14.7. The van der Waals surface area contributed by atoms with Crippen molar-refractivity contribution in [2.75, 3.05) is 28.4 Å². The van der Waals surface area contributed by atoms with Crippen LogP contribution in [0.1, 0.15) is 22.5 Å². The maximum Gasteiger partial charge on any atom is 0.161 e. The van der Waals surface area contributed by atoms with E-state index >= 15 is 0 Å². The van der Waals surface area contributed by atoms with Gasteiger partial charge in [0.1, 0.15) is 0 Å². The molecule has 0 aliphatic carbocycles. The number of benzene rings is 2. The number of ether oxygens (including phenoxy) is 4. The fourth-order valence-corrected chi connectivity index (χ4v) is 2.93. The van der Waals surface area contributed by atoms with Gasteiger partial charge in [-0.2, -0.15) is 0 Å². The molecule has 0 saturated carbocycles. The molecule has 5 heteroatoms. The zero-order valence-electron chi connectivity index (χ0n) is 17.6. The van der Waals surface area contributed by atoms with E-state index in [2.05, 4.69) is 4.98 Å². The lowest BCUT2D eigenvalue weighted by Crippen LogP contribution is -1.90. The number of rotatable bonds is 8. The number of methoxy groups -OCH3 is 4. The van der Waals surface area contributed by atoms with Crippen LogP contribution >= 0.6 is 0 Å². The van der Waals surface area contributed by atoms with Gasteiger partial charge in [0.25, 0.3) is 0 Å². The van der Waals surface area contributed by atoms with Crippen molar-refractivity contribution in [1.29, 1.82) is 0 Å². The molecule has 0 fully saturated rings. The van der Waals surface area contributed by atoms with Crippen molar-refractivity contribution in [3.63, 3.8) is 0 Å². The molecule has 30 heavy (non-hydrogen) atoms. The van der Waals surface area contributed by atoms with E-state index in [-0.39, 0.29) is 0 Å². The van der Waals surface area contributed by atoms with Crippen molar-refractivity contribution in [1.82, 2.24) is 4.98 Å². The first kappa shape index (κ1) is 21.0. The van der Waals surface area contributed by atoms with Crippen molar-refractivity contribution in [3.05, 3.63) is 77.1 Å². The molecule has 1 heterocycles. The molecule has 154 valence electrons. The smallest absolute Gasteiger partial charge is 0.161 e. The molecule has 0 N–H and O–H groups in total. The highest BCUT2D eigenvalue weighted by molar-refractivity contribution is 5.72. The Labute approximate surface area is 177 Å². The Bertz CT molecular complexity index is 976. The van der Waals surface area contributed by atoms with E-state index in [0.29, 0.717) is 23.0 Å². The molecule has 0 aliphatic heterocycles. The summed E-state index contributed by atoms with van der Waals surface area (Å²) in [7, 11) is 6.50. The van der Waals surface area contributed by atoms with Crippen LogP contribution in [0.25, 0.3) is 24.3 Å². The van der Waals surface area contributed by atoms with Gasteiger partial charge < -0.3 is 18.9 Å². The lowest BCUT2D eigenvalue weighted by molar-refractivity contribution is 0.355. The largest absolute Gasteiger partial charge is 0.493 e. The predicted molar refractivity (Wildman–Crippen MR) is 121 cm³/mol. The number of pyridine rings is 1. The molecule has 0 atom stereocenters. The average molecular weight is 403 g/mol. The number of aromatic nitrogens is 1. The van der Waals surface area contributed by atoms with Gasteiger partial charge in [0, 0.05) is 0 Å². The Morgan fingerprint density at radius 3 is 1.37 bits per heavy atom. The molecule has 0 radical (unpaired) electrons. The SMILES string of the molecule is COc1ccc(C=Cc2cccc(C=Cc3ccc(OC)c(OC)c3)n2)cc1OC. The highest BCUT2D eigenvalue weighted by Crippen LogP contribution is 2.29. The summed E-state index contributed by atoms with van der Waals surface area (Å²) in [6.45, 7) is 0. The molecular weight excluding hydrogens is 378 g/mol. The lowest BCUT2D eigenvalue weighted by atomic mass is 10.1. The molecule has 0 bridgehead atoms. The Balaban J connectivity index is 1.76. The quantitative estimate of drug-likeness (QED) is 0.500. The standard InChI is InChI=1S/C25H25NO4/c1-27-22-14-10-18(16-24(22)29-3)8-12-20-6-5-7-21(26-20)13-9-19-11-15-23(28-2)25(17-19)30-4/h5-17H,1-4H3. The third-order valence-electron chi connectivity index (χ3n) is 4.50. The van der Waals surface area contributed by atoms with Gasteiger partial charge in [0.05, 0.1) is 39.8 Å². The summed E-state index contributed by atoms with van der Waals surface area (Å²) >= 11 is 0. The van der Waals surface area contributed by atoms with E-state index in [1.165, 1.54) is 0 Å². The van der Waals surface area contributed by atoms with Crippen molar-refractivity contribution < 1.29 is 18.9 Å². The first-order valence-electron chi connectivity index (χ1n) is 9.44.